The van der Waals surface area contributed by atoms with Gasteiger partial charge in [-0.25, -0.2) is 4.79 Å². The fraction of sp³-hybridized carbons (Fsp3) is 0.583. The van der Waals surface area contributed by atoms with Crippen LogP contribution in [0.2, 0.25) is 0 Å². The van der Waals surface area contributed by atoms with Gasteiger partial charge >= 0.3 is 12.0 Å². The third-order valence-corrected chi connectivity index (χ3v) is 2.74. The van der Waals surface area contributed by atoms with Crippen LogP contribution >= 0.6 is 0 Å². The molecule has 0 saturated carbocycles. The molecule has 0 aromatic carbocycles. The van der Waals surface area contributed by atoms with Crippen molar-refractivity contribution in [2.75, 3.05) is 13.1 Å². The highest BCUT2D eigenvalue weighted by atomic mass is 16.4. The zero-order valence-electron chi connectivity index (χ0n) is 11.2. The van der Waals surface area contributed by atoms with Crippen LogP contribution < -0.4 is 10.6 Å². The second-order valence-electron chi connectivity index (χ2n) is 4.48. The van der Waals surface area contributed by atoms with E-state index in [-0.39, 0.29) is 6.03 Å². The molecule has 1 aromatic heterocycles. The number of carbonyl (C=O) groups excluding carboxylic acids is 1. The molecule has 1 unspecified atom stereocenters. The van der Waals surface area contributed by atoms with Gasteiger partial charge in [0, 0.05) is 26.3 Å². The Labute approximate surface area is 112 Å². The van der Waals surface area contributed by atoms with Crippen molar-refractivity contribution in [1.82, 2.24) is 20.4 Å². The van der Waals surface area contributed by atoms with Crippen LogP contribution in [0.3, 0.4) is 0 Å². The van der Waals surface area contributed by atoms with Crippen LogP contribution in [0.4, 0.5) is 4.79 Å². The molecule has 7 nitrogen and oxygen atoms in total. The fourth-order valence-corrected chi connectivity index (χ4v) is 1.51. The number of carboxylic acid groups (broad SMARTS) is 1. The van der Waals surface area contributed by atoms with Gasteiger partial charge in [0.05, 0.1) is 12.1 Å². The number of urea groups is 1. The zero-order valence-corrected chi connectivity index (χ0v) is 11.2. The van der Waals surface area contributed by atoms with Gasteiger partial charge in [0.25, 0.3) is 0 Å². The van der Waals surface area contributed by atoms with E-state index in [1.54, 1.807) is 17.8 Å². The van der Waals surface area contributed by atoms with Crippen molar-refractivity contribution in [2.24, 2.45) is 13.0 Å². The molecule has 0 bridgehead atoms. The van der Waals surface area contributed by atoms with Gasteiger partial charge < -0.3 is 15.7 Å². The van der Waals surface area contributed by atoms with E-state index in [0.717, 1.165) is 5.56 Å². The minimum atomic E-state index is -0.848. The van der Waals surface area contributed by atoms with Gasteiger partial charge in [-0.1, -0.05) is 6.92 Å². The van der Waals surface area contributed by atoms with Gasteiger partial charge in [-0.2, -0.15) is 5.10 Å². The Morgan fingerprint density at radius 1 is 1.42 bits per heavy atom. The first kappa shape index (κ1) is 15.0. The third-order valence-electron chi connectivity index (χ3n) is 2.74. The van der Waals surface area contributed by atoms with Gasteiger partial charge in [-0.05, 0) is 18.4 Å². The maximum atomic E-state index is 11.4. The highest BCUT2D eigenvalue weighted by Crippen LogP contribution is 1.99. The summed E-state index contributed by atoms with van der Waals surface area (Å²) in [5, 5.41) is 18.0. The van der Waals surface area contributed by atoms with Crippen LogP contribution in [0.5, 0.6) is 0 Å². The number of carboxylic acids is 1. The Morgan fingerprint density at radius 3 is 2.68 bits per heavy atom. The maximum Gasteiger partial charge on any atom is 0.314 e. The lowest BCUT2D eigenvalue weighted by atomic mass is 10.1. The highest BCUT2D eigenvalue weighted by molar-refractivity contribution is 5.74. The normalized spacial score (nSPS) is 11.9. The van der Waals surface area contributed by atoms with Crippen LogP contribution in [0.15, 0.2) is 12.4 Å². The minimum Gasteiger partial charge on any atom is -0.481 e. The largest absolute Gasteiger partial charge is 0.481 e. The Hall–Kier alpha value is -2.05. The number of amides is 2. The monoisotopic (exact) mass is 268 g/mol. The first-order chi connectivity index (χ1) is 8.99. The number of hydrogen-bond acceptors (Lipinski definition) is 3. The Bertz CT molecular complexity index is 430. The summed E-state index contributed by atoms with van der Waals surface area (Å²) in [7, 11) is 1.84. The minimum absolute atomic E-state index is 0.276. The number of rotatable bonds is 7. The molecule has 106 valence electrons. The number of nitrogens with one attached hydrogen (secondary N) is 2. The fourth-order valence-electron chi connectivity index (χ4n) is 1.51. The maximum absolute atomic E-state index is 11.4. The van der Waals surface area contributed by atoms with E-state index in [4.69, 9.17) is 5.11 Å². The summed E-state index contributed by atoms with van der Waals surface area (Å²) in [5.74, 6) is -1.30. The van der Waals surface area contributed by atoms with Gasteiger partial charge in [0.2, 0.25) is 0 Å². The van der Waals surface area contributed by atoms with Crippen LogP contribution in [0.1, 0.15) is 18.9 Å². The van der Waals surface area contributed by atoms with E-state index in [9.17, 15) is 9.59 Å². The Balaban J connectivity index is 2.10. The summed E-state index contributed by atoms with van der Waals surface area (Å²) in [5.41, 5.74) is 1.06. The van der Waals surface area contributed by atoms with Gasteiger partial charge in [0.1, 0.15) is 0 Å². The summed E-state index contributed by atoms with van der Waals surface area (Å²) in [6, 6.07) is -0.276. The summed E-state index contributed by atoms with van der Waals surface area (Å²) in [6.45, 7) is 2.49. The number of aliphatic carboxylic acids is 1. The second kappa shape index (κ2) is 7.40. The van der Waals surface area contributed by atoms with Gasteiger partial charge in [-0.3, -0.25) is 9.48 Å². The highest BCUT2D eigenvalue weighted by Gasteiger charge is 2.10. The Kier molecular flexibility index (Phi) is 5.84. The lowest BCUT2D eigenvalue weighted by Crippen LogP contribution is -2.37. The zero-order chi connectivity index (χ0) is 14.3. The van der Waals surface area contributed by atoms with Crippen LogP contribution in [0, 0.1) is 5.92 Å². The third kappa shape index (κ3) is 5.89. The molecule has 1 heterocycles. The first-order valence-electron chi connectivity index (χ1n) is 6.21. The quantitative estimate of drug-likeness (QED) is 0.665. The molecule has 19 heavy (non-hydrogen) atoms. The average molecular weight is 268 g/mol. The number of carbonyl (C=O) groups is 2. The van der Waals surface area contributed by atoms with E-state index in [1.165, 1.54) is 0 Å². The molecule has 0 saturated heterocycles. The van der Waals surface area contributed by atoms with Crippen molar-refractivity contribution in [3.05, 3.63) is 18.0 Å². The van der Waals surface area contributed by atoms with Crippen molar-refractivity contribution >= 4 is 12.0 Å². The second-order valence-corrected chi connectivity index (χ2v) is 4.48. The lowest BCUT2D eigenvalue weighted by molar-refractivity contribution is -0.141. The number of aryl methyl sites for hydroxylation is 1. The summed E-state index contributed by atoms with van der Waals surface area (Å²) in [6.07, 6.45) is 4.79. The summed E-state index contributed by atoms with van der Waals surface area (Å²) >= 11 is 0. The van der Waals surface area contributed by atoms with E-state index < -0.39 is 11.9 Å². The van der Waals surface area contributed by atoms with Crippen LogP contribution in [-0.4, -0.2) is 40.0 Å². The molecule has 0 aliphatic carbocycles. The van der Waals surface area contributed by atoms with E-state index >= 15 is 0 Å². The molecule has 1 aromatic rings. The smallest absolute Gasteiger partial charge is 0.314 e. The first-order valence-corrected chi connectivity index (χ1v) is 6.21. The predicted octanol–water partition coefficient (Wildman–Crippen LogP) is 0.373. The molecule has 2 amide bonds. The molecule has 1 rings (SSSR count). The summed E-state index contributed by atoms with van der Waals surface area (Å²) in [4.78, 5) is 22.0. The molecule has 0 aliphatic rings. The van der Waals surface area contributed by atoms with E-state index in [2.05, 4.69) is 15.7 Å². The number of nitrogens with zero attached hydrogens (tertiary/aromatic N) is 2. The van der Waals surface area contributed by atoms with Crippen molar-refractivity contribution in [3.8, 4) is 0 Å². The molecule has 0 aliphatic heterocycles. The summed E-state index contributed by atoms with van der Waals surface area (Å²) < 4.78 is 1.71. The van der Waals surface area contributed by atoms with E-state index in [1.807, 2.05) is 13.2 Å². The molecular formula is C12H20N4O3. The molecule has 3 N–H and O–H groups in total. The van der Waals surface area contributed by atoms with Crippen molar-refractivity contribution in [1.29, 1.82) is 0 Å². The molecule has 0 spiro atoms. The van der Waals surface area contributed by atoms with Gasteiger partial charge in [-0.15, -0.1) is 0 Å². The lowest BCUT2D eigenvalue weighted by Gasteiger charge is -2.08. The predicted molar refractivity (Wildman–Crippen MR) is 69.7 cm³/mol. The van der Waals surface area contributed by atoms with Crippen molar-refractivity contribution in [2.45, 2.75) is 19.8 Å². The molecule has 7 heteroatoms. The average Bonchev–Trinajstić information content (AvgIpc) is 2.74. The SMILES string of the molecule is CC(CCNC(=O)NCCc1cnn(C)c1)C(=O)O. The van der Waals surface area contributed by atoms with Crippen molar-refractivity contribution in [3.63, 3.8) is 0 Å². The number of hydrogen-bond donors (Lipinski definition) is 3. The van der Waals surface area contributed by atoms with Crippen LogP contribution in [0.25, 0.3) is 0 Å². The standard InChI is InChI=1S/C12H20N4O3/c1-9(11(17)18)3-5-13-12(19)14-6-4-10-7-15-16(2)8-10/h7-9H,3-6H2,1-2H3,(H,17,18)(H2,13,14,19). The van der Waals surface area contributed by atoms with E-state index in [0.29, 0.717) is 25.9 Å². The Morgan fingerprint density at radius 2 is 2.11 bits per heavy atom. The van der Waals surface area contributed by atoms with Gasteiger partial charge in [0.15, 0.2) is 0 Å². The van der Waals surface area contributed by atoms with Crippen molar-refractivity contribution < 1.29 is 14.7 Å². The topological polar surface area (TPSA) is 96.3 Å². The molecule has 0 radical (unpaired) electrons. The van der Waals surface area contributed by atoms with Crippen LogP contribution in [-0.2, 0) is 18.3 Å². The molecular weight excluding hydrogens is 248 g/mol. The number of aromatic nitrogens is 2. The molecule has 0 fully saturated rings. The molecule has 1 atom stereocenters.